The van der Waals surface area contributed by atoms with Crippen LogP contribution in [-0.4, -0.2) is 4.57 Å². The van der Waals surface area contributed by atoms with Crippen molar-refractivity contribution in [2.45, 2.75) is 6.42 Å². The standard InChI is InChI=1S/C7H7N.H3N/c1-3-7-4-2-6-8(7)5-1;/h1-3,5-6H,4H2;1H3. The molecule has 3 N–H and O–H groups in total. The molecule has 0 aromatic carbocycles. The molecule has 2 heteroatoms. The van der Waals surface area contributed by atoms with Gasteiger partial charge in [0, 0.05) is 24.5 Å². The molecule has 48 valence electrons. The Kier molecular flexibility index (Phi) is 1.40. The summed E-state index contributed by atoms with van der Waals surface area (Å²) in [6.07, 6.45) is 7.43. The maximum atomic E-state index is 2.16. The lowest BCUT2D eigenvalue weighted by Crippen LogP contribution is -1.81. The van der Waals surface area contributed by atoms with Gasteiger partial charge in [-0.15, -0.1) is 0 Å². The minimum atomic E-state index is 0. The topological polar surface area (TPSA) is 39.9 Å². The average Bonchev–Trinajstić information content (AvgIpc) is 2.15. The highest BCUT2D eigenvalue weighted by molar-refractivity contribution is 5.36. The fourth-order valence-electron chi connectivity index (χ4n) is 1.03. The Balaban J connectivity index is 0.000000405. The third-order valence-corrected chi connectivity index (χ3v) is 1.46. The van der Waals surface area contributed by atoms with Crippen molar-refractivity contribution in [2.75, 3.05) is 0 Å². The highest BCUT2D eigenvalue weighted by Gasteiger charge is 1.99. The van der Waals surface area contributed by atoms with Gasteiger partial charge in [-0.1, -0.05) is 6.08 Å². The predicted octanol–water partition coefficient (Wildman–Crippen LogP) is 1.68. The summed E-state index contributed by atoms with van der Waals surface area (Å²) in [7, 11) is 0. The number of allylic oxidation sites excluding steroid dienone is 1. The number of rotatable bonds is 0. The molecule has 2 heterocycles. The Morgan fingerprint density at radius 1 is 1.44 bits per heavy atom. The van der Waals surface area contributed by atoms with E-state index in [9.17, 15) is 0 Å². The quantitative estimate of drug-likeness (QED) is 0.558. The van der Waals surface area contributed by atoms with Crippen LogP contribution in [0.5, 0.6) is 0 Å². The van der Waals surface area contributed by atoms with E-state index in [1.807, 2.05) is 0 Å². The summed E-state index contributed by atoms with van der Waals surface area (Å²) in [6.45, 7) is 0. The molecular weight excluding hydrogens is 112 g/mol. The van der Waals surface area contributed by atoms with Crippen molar-refractivity contribution in [3.63, 3.8) is 0 Å². The molecular formula is C7H10N2. The monoisotopic (exact) mass is 122 g/mol. The second kappa shape index (κ2) is 2.07. The Hall–Kier alpha value is -1.02. The van der Waals surface area contributed by atoms with Crippen LogP contribution in [0.15, 0.2) is 24.4 Å². The zero-order valence-electron chi connectivity index (χ0n) is 5.25. The Bertz CT molecular complexity index is 223. The number of aromatic nitrogens is 1. The van der Waals surface area contributed by atoms with Crippen LogP contribution in [0.25, 0.3) is 6.20 Å². The molecule has 2 nitrogen and oxygen atoms in total. The lowest BCUT2D eigenvalue weighted by molar-refractivity contribution is 1.09. The molecule has 0 saturated heterocycles. The van der Waals surface area contributed by atoms with Crippen molar-refractivity contribution < 1.29 is 0 Å². The molecule has 0 bridgehead atoms. The highest BCUT2D eigenvalue weighted by Crippen LogP contribution is 2.10. The van der Waals surface area contributed by atoms with Gasteiger partial charge in [-0.05, 0) is 12.1 Å². The van der Waals surface area contributed by atoms with Gasteiger partial charge in [0.2, 0.25) is 0 Å². The fraction of sp³-hybridized carbons (Fsp3) is 0.143. The molecule has 1 aliphatic rings. The maximum absolute atomic E-state index is 2.16. The molecule has 1 aromatic heterocycles. The number of nitrogens with zero attached hydrogens (tertiary/aromatic N) is 1. The molecule has 9 heavy (non-hydrogen) atoms. The van der Waals surface area contributed by atoms with Crippen molar-refractivity contribution in [1.82, 2.24) is 10.7 Å². The molecule has 0 fully saturated rings. The van der Waals surface area contributed by atoms with E-state index in [1.54, 1.807) is 0 Å². The second-order valence-electron chi connectivity index (χ2n) is 2.00. The van der Waals surface area contributed by atoms with Gasteiger partial charge in [0.25, 0.3) is 0 Å². The van der Waals surface area contributed by atoms with Crippen LogP contribution in [0.1, 0.15) is 5.69 Å². The Morgan fingerprint density at radius 2 is 2.33 bits per heavy atom. The van der Waals surface area contributed by atoms with Crippen LogP contribution in [0.3, 0.4) is 0 Å². The van der Waals surface area contributed by atoms with Crippen LogP contribution in [-0.2, 0) is 6.42 Å². The average molecular weight is 122 g/mol. The van der Waals surface area contributed by atoms with Crippen LogP contribution < -0.4 is 6.15 Å². The number of hydrogen-bond donors (Lipinski definition) is 1. The molecule has 1 aromatic rings. The van der Waals surface area contributed by atoms with Crippen molar-refractivity contribution in [3.8, 4) is 0 Å². The third-order valence-electron chi connectivity index (χ3n) is 1.46. The van der Waals surface area contributed by atoms with Gasteiger partial charge < -0.3 is 10.7 Å². The first-order chi connectivity index (χ1) is 3.97. The molecule has 2 rings (SSSR count). The largest absolute Gasteiger partial charge is 0.344 e. The predicted molar refractivity (Wildman–Crippen MR) is 38.5 cm³/mol. The zero-order valence-corrected chi connectivity index (χ0v) is 5.25. The third kappa shape index (κ3) is 0.771. The molecule has 0 radical (unpaired) electrons. The van der Waals surface area contributed by atoms with E-state index in [4.69, 9.17) is 0 Å². The van der Waals surface area contributed by atoms with Crippen LogP contribution in [0.2, 0.25) is 0 Å². The number of hydrogen-bond acceptors (Lipinski definition) is 1. The van der Waals surface area contributed by atoms with Gasteiger partial charge in [0.15, 0.2) is 0 Å². The fourth-order valence-corrected chi connectivity index (χ4v) is 1.03. The zero-order chi connectivity index (χ0) is 5.40. The van der Waals surface area contributed by atoms with Crippen molar-refractivity contribution in [3.05, 3.63) is 30.1 Å². The van der Waals surface area contributed by atoms with Gasteiger partial charge in [-0.3, -0.25) is 0 Å². The van der Waals surface area contributed by atoms with Crippen molar-refractivity contribution >= 4 is 6.20 Å². The SMILES string of the molecule is C1=Cn2cccc2C1.N. The Morgan fingerprint density at radius 3 is 3.11 bits per heavy atom. The Labute approximate surface area is 54.4 Å². The lowest BCUT2D eigenvalue weighted by Gasteiger charge is -1.88. The van der Waals surface area contributed by atoms with Crippen LogP contribution >= 0.6 is 0 Å². The number of fused-ring (bicyclic) bond motifs is 1. The minimum Gasteiger partial charge on any atom is -0.344 e. The summed E-state index contributed by atoms with van der Waals surface area (Å²) in [5.41, 5.74) is 1.39. The highest BCUT2D eigenvalue weighted by atomic mass is 15.0. The van der Waals surface area contributed by atoms with Crippen molar-refractivity contribution in [1.29, 1.82) is 0 Å². The molecule has 0 aliphatic carbocycles. The summed E-state index contributed by atoms with van der Waals surface area (Å²) in [4.78, 5) is 0. The second-order valence-corrected chi connectivity index (χ2v) is 2.00. The molecule has 0 atom stereocenters. The van der Waals surface area contributed by atoms with Gasteiger partial charge in [0.1, 0.15) is 0 Å². The van der Waals surface area contributed by atoms with Crippen molar-refractivity contribution in [2.24, 2.45) is 0 Å². The smallest absolute Gasteiger partial charge is 0.0259 e. The van der Waals surface area contributed by atoms with E-state index < -0.39 is 0 Å². The van der Waals surface area contributed by atoms with E-state index >= 15 is 0 Å². The van der Waals surface area contributed by atoms with Crippen LogP contribution in [0.4, 0.5) is 0 Å². The first kappa shape index (κ1) is 6.11. The first-order valence-corrected chi connectivity index (χ1v) is 2.79. The van der Waals surface area contributed by atoms with Gasteiger partial charge in [0.05, 0.1) is 0 Å². The van der Waals surface area contributed by atoms with E-state index in [0.29, 0.717) is 0 Å². The summed E-state index contributed by atoms with van der Waals surface area (Å²) in [6, 6.07) is 4.21. The first-order valence-electron chi connectivity index (χ1n) is 2.79. The van der Waals surface area contributed by atoms with Gasteiger partial charge >= 0.3 is 0 Å². The summed E-state index contributed by atoms with van der Waals surface area (Å²) in [5.74, 6) is 0. The van der Waals surface area contributed by atoms with Gasteiger partial charge in [-0.25, -0.2) is 0 Å². The van der Waals surface area contributed by atoms with E-state index in [-0.39, 0.29) is 6.15 Å². The van der Waals surface area contributed by atoms with Gasteiger partial charge in [-0.2, -0.15) is 0 Å². The summed E-state index contributed by atoms with van der Waals surface area (Å²) >= 11 is 0. The van der Waals surface area contributed by atoms with E-state index in [0.717, 1.165) is 6.42 Å². The summed E-state index contributed by atoms with van der Waals surface area (Å²) < 4.78 is 2.14. The molecule has 0 unspecified atom stereocenters. The van der Waals surface area contributed by atoms with Crippen LogP contribution in [0, 0.1) is 0 Å². The maximum Gasteiger partial charge on any atom is 0.0259 e. The normalized spacial score (nSPS) is 12.9. The van der Waals surface area contributed by atoms with E-state index in [2.05, 4.69) is 35.2 Å². The minimum absolute atomic E-state index is 0. The molecule has 1 aliphatic heterocycles. The lowest BCUT2D eigenvalue weighted by atomic mass is 10.3. The molecule has 0 spiro atoms. The summed E-state index contributed by atoms with van der Waals surface area (Å²) in [5, 5.41) is 0. The molecule has 0 amide bonds. The molecule has 0 saturated carbocycles. The van der Waals surface area contributed by atoms with E-state index in [1.165, 1.54) is 5.69 Å².